The van der Waals surface area contributed by atoms with Crippen LogP contribution in [0.15, 0.2) is 24.3 Å². The van der Waals surface area contributed by atoms with Crippen molar-refractivity contribution in [2.75, 3.05) is 25.3 Å². The van der Waals surface area contributed by atoms with Gasteiger partial charge in [-0.3, -0.25) is 4.79 Å². The molecule has 1 aliphatic rings. The number of nitrogens with one attached hydrogen (secondary N) is 1. The maximum Gasteiger partial charge on any atom is 0.268 e. The number of nitrogens with two attached hydrogens (primary N) is 1. The van der Waals surface area contributed by atoms with Gasteiger partial charge in [-0.15, -0.1) is 11.3 Å². The summed E-state index contributed by atoms with van der Waals surface area (Å²) < 4.78 is 10.6. The molecule has 0 aliphatic heterocycles. The first kappa shape index (κ1) is 21.4. The molecule has 0 radical (unpaired) electrons. The summed E-state index contributed by atoms with van der Waals surface area (Å²) >= 11 is 1.33. The van der Waals surface area contributed by atoms with Gasteiger partial charge in [0.15, 0.2) is 0 Å². The Balaban J connectivity index is 1.67. The number of amides is 1. The van der Waals surface area contributed by atoms with E-state index < -0.39 is 0 Å². The van der Waals surface area contributed by atoms with E-state index in [2.05, 4.69) is 32.2 Å². The topological polar surface area (TPSA) is 86.5 Å². The number of nitrogen functional groups attached to an aromatic ring is 1. The first-order valence-corrected chi connectivity index (χ1v) is 11.3. The molecule has 2 heterocycles. The van der Waals surface area contributed by atoms with E-state index in [1.165, 1.54) is 16.9 Å². The lowest BCUT2D eigenvalue weighted by molar-refractivity contribution is 0.103. The molecule has 0 saturated heterocycles. The van der Waals surface area contributed by atoms with E-state index in [0.717, 1.165) is 35.2 Å². The van der Waals surface area contributed by atoms with Crippen LogP contribution in [0.5, 0.6) is 11.5 Å². The van der Waals surface area contributed by atoms with Crippen molar-refractivity contribution >= 4 is 38.8 Å². The molecule has 31 heavy (non-hydrogen) atoms. The predicted octanol–water partition coefficient (Wildman–Crippen LogP) is 5.30. The molecule has 1 aliphatic carbocycles. The molecule has 3 N–H and O–H groups in total. The summed E-state index contributed by atoms with van der Waals surface area (Å²) in [4.78, 5) is 19.2. The molecule has 0 bridgehead atoms. The maximum atomic E-state index is 13.1. The number of carbonyl (C=O) groups is 1. The van der Waals surface area contributed by atoms with Gasteiger partial charge in [0.2, 0.25) is 0 Å². The molecule has 1 amide bonds. The van der Waals surface area contributed by atoms with Crippen LogP contribution in [0.4, 0.5) is 11.4 Å². The number of benzene rings is 1. The average molecular weight is 440 g/mol. The fourth-order valence-corrected chi connectivity index (χ4v) is 5.18. The Bertz CT molecular complexity index is 1150. The minimum Gasteiger partial charge on any atom is -0.497 e. The summed E-state index contributed by atoms with van der Waals surface area (Å²) in [7, 11) is 3.14. The number of carbonyl (C=O) groups excluding carboxylic acids is 1. The van der Waals surface area contributed by atoms with Crippen molar-refractivity contribution in [3.8, 4) is 11.5 Å². The van der Waals surface area contributed by atoms with Gasteiger partial charge < -0.3 is 20.5 Å². The van der Waals surface area contributed by atoms with E-state index in [1.54, 1.807) is 32.4 Å². The molecular formula is C24H29N3O3S. The Labute approximate surface area is 186 Å². The maximum absolute atomic E-state index is 13.1. The minimum atomic E-state index is -0.280. The molecule has 0 spiro atoms. The molecule has 1 atom stereocenters. The summed E-state index contributed by atoms with van der Waals surface area (Å²) in [6.07, 6.45) is 3.10. The van der Waals surface area contributed by atoms with Crippen LogP contribution in [0.25, 0.3) is 10.2 Å². The van der Waals surface area contributed by atoms with Crippen LogP contribution in [0.3, 0.4) is 0 Å². The Morgan fingerprint density at radius 1 is 1.23 bits per heavy atom. The lowest BCUT2D eigenvalue weighted by Crippen LogP contribution is -2.27. The number of anilines is 2. The predicted molar refractivity (Wildman–Crippen MR) is 127 cm³/mol. The number of aryl methyl sites for hydroxylation is 1. The van der Waals surface area contributed by atoms with Crippen LogP contribution in [0.2, 0.25) is 0 Å². The average Bonchev–Trinajstić information content (AvgIpc) is 3.06. The zero-order valence-corrected chi connectivity index (χ0v) is 19.5. The standard InChI is InChI=1S/C24H29N3O3S/c1-24(2,3)14-6-8-17-13(10-14)11-16-20(25)21(31-23(16)27-17)22(28)26-18-12-15(29-4)7-9-19(18)30-5/h7,9,11-12,14H,6,8,10,25H2,1-5H3,(H,26,28). The van der Waals surface area contributed by atoms with E-state index >= 15 is 0 Å². The summed E-state index contributed by atoms with van der Waals surface area (Å²) in [5, 5.41) is 3.77. The van der Waals surface area contributed by atoms with Crippen LogP contribution < -0.4 is 20.5 Å². The van der Waals surface area contributed by atoms with Gasteiger partial charge in [0.1, 0.15) is 21.2 Å². The Morgan fingerprint density at radius 2 is 2.00 bits per heavy atom. The van der Waals surface area contributed by atoms with E-state index in [4.69, 9.17) is 20.2 Å². The quantitative estimate of drug-likeness (QED) is 0.576. The highest BCUT2D eigenvalue weighted by atomic mass is 32.1. The molecule has 164 valence electrons. The van der Waals surface area contributed by atoms with Crippen LogP contribution in [-0.4, -0.2) is 25.1 Å². The van der Waals surface area contributed by atoms with Gasteiger partial charge in [-0.1, -0.05) is 20.8 Å². The van der Waals surface area contributed by atoms with Crippen LogP contribution in [0.1, 0.15) is 48.1 Å². The monoisotopic (exact) mass is 439 g/mol. The van der Waals surface area contributed by atoms with E-state index in [1.807, 2.05) is 0 Å². The van der Waals surface area contributed by atoms with Gasteiger partial charge in [0, 0.05) is 17.1 Å². The number of thiophene rings is 1. The summed E-state index contributed by atoms with van der Waals surface area (Å²) in [6, 6.07) is 7.40. The smallest absolute Gasteiger partial charge is 0.268 e. The second-order valence-electron chi connectivity index (χ2n) is 9.12. The molecule has 1 unspecified atom stereocenters. The van der Waals surface area contributed by atoms with E-state index in [9.17, 15) is 4.79 Å². The third kappa shape index (κ3) is 4.06. The number of pyridine rings is 1. The second-order valence-corrected chi connectivity index (χ2v) is 10.1. The Kier molecular flexibility index (Phi) is 5.56. The zero-order chi connectivity index (χ0) is 22.3. The third-order valence-corrected chi connectivity index (χ3v) is 7.29. The van der Waals surface area contributed by atoms with Crippen molar-refractivity contribution in [3.05, 3.63) is 40.4 Å². The lowest BCUT2D eigenvalue weighted by atomic mass is 9.71. The molecule has 6 nitrogen and oxygen atoms in total. The Hall–Kier alpha value is -2.80. The molecule has 3 aromatic rings. The number of ether oxygens (including phenoxy) is 2. The van der Waals surface area contributed by atoms with E-state index in [-0.39, 0.29) is 11.3 Å². The molecule has 7 heteroatoms. The number of hydrogen-bond donors (Lipinski definition) is 2. The van der Waals surface area contributed by atoms with Gasteiger partial charge in [-0.25, -0.2) is 4.98 Å². The molecule has 0 saturated carbocycles. The van der Waals surface area contributed by atoms with Crippen molar-refractivity contribution in [2.24, 2.45) is 11.3 Å². The molecule has 0 fully saturated rings. The highest BCUT2D eigenvalue weighted by Gasteiger charge is 2.30. The third-order valence-electron chi connectivity index (χ3n) is 6.17. The van der Waals surface area contributed by atoms with Gasteiger partial charge in [-0.2, -0.15) is 0 Å². The number of rotatable bonds is 4. The molecule has 2 aromatic heterocycles. The normalized spacial score (nSPS) is 16.1. The molecule has 4 rings (SSSR count). The van der Waals surface area contributed by atoms with Crippen molar-refractivity contribution in [2.45, 2.75) is 40.0 Å². The van der Waals surface area contributed by atoms with E-state index in [0.29, 0.717) is 33.7 Å². The largest absolute Gasteiger partial charge is 0.497 e. The zero-order valence-electron chi connectivity index (χ0n) is 18.7. The van der Waals surface area contributed by atoms with Gasteiger partial charge >= 0.3 is 0 Å². The second kappa shape index (κ2) is 8.04. The first-order valence-electron chi connectivity index (χ1n) is 10.5. The van der Waals surface area contributed by atoms with Gasteiger partial charge in [0.25, 0.3) is 5.91 Å². The number of aromatic nitrogens is 1. The van der Waals surface area contributed by atoms with Crippen molar-refractivity contribution in [1.82, 2.24) is 4.98 Å². The van der Waals surface area contributed by atoms with Gasteiger partial charge in [0.05, 0.1) is 25.6 Å². The lowest BCUT2D eigenvalue weighted by Gasteiger charge is -2.34. The van der Waals surface area contributed by atoms with Crippen molar-refractivity contribution < 1.29 is 14.3 Å². The van der Waals surface area contributed by atoms with Crippen molar-refractivity contribution in [1.29, 1.82) is 0 Å². The Morgan fingerprint density at radius 3 is 2.68 bits per heavy atom. The number of nitrogens with zero attached hydrogens (tertiary/aromatic N) is 1. The van der Waals surface area contributed by atoms with Gasteiger partial charge in [-0.05, 0) is 54.4 Å². The van der Waals surface area contributed by atoms with Crippen LogP contribution in [-0.2, 0) is 12.8 Å². The number of fused-ring (bicyclic) bond motifs is 2. The van der Waals surface area contributed by atoms with Crippen molar-refractivity contribution in [3.63, 3.8) is 0 Å². The van der Waals surface area contributed by atoms with Crippen LogP contribution in [0, 0.1) is 11.3 Å². The molecular weight excluding hydrogens is 410 g/mol. The summed E-state index contributed by atoms with van der Waals surface area (Å²) in [5.74, 6) is 1.51. The fraction of sp³-hybridized carbons (Fsp3) is 0.417. The highest BCUT2D eigenvalue weighted by molar-refractivity contribution is 7.21. The summed E-state index contributed by atoms with van der Waals surface area (Å²) in [5.41, 5.74) is 10.1. The number of methoxy groups -OCH3 is 2. The highest BCUT2D eigenvalue weighted by Crippen LogP contribution is 2.41. The fourth-order valence-electron chi connectivity index (χ4n) is 4.19. The molecule has 1 aromatic carbocycles. The first-order chi connectivity index (χ1) is 14.7. The summed E-state index contributed by atoms with van der Waals surface area (Å²) in [6.45, 7) is 6.88. The van der Waals surface area contributed by atoms with Crippen LogP contribution >= 0.6 is 11.3 Å². The minimum absolute atomic E-state index is 0.258. The SMILES string of the molecule is COc1ccc(OC)c(NC(=O)c2sc3nc4c(cc3c2N)CC(C(C)(C)C)CC4)c1. The number of hydrogen-bond acceptors (Lipinski definition) is 6.